The number of para-hydroxylation sites is 1. The third kappa shape index (κ3) is 3.91. The highest BCUT2D eigenvalue weighted by atomic mass is 79.9. The van der Waals surface area contributed by atoms with Crippen molar-refractivity contribution in [1.29, 1.82) is 0 Å². The first-order valence-corrected chi connectivity index (χ1v) is 8.75. The third-order valence-electron chi connectivity index (χ3n) is 3.64. The maximum Gasteiger partial charge on any atom is 0.291 e. The first kappa shape index (κ1) is 17.2. The highest BCUT2D eigenvalue weighted by Gasteiger charge is 2.14. The second-order valence-corrected chi connectivity index (χ2v) is 6.41. The maximum atomic E-state index is 12.4. The van der Waals surface area contributed by atoms with Gasteiger partial charge in [0.1, 0.15) is 5.58 Å². The van der Waals surface area contributed by atoms with Crippen molar-refractivity contribution in [2.45, 2.75) is 13.3 Å². The van der Waals surface area contributed by atoms with Gasteiger partial charge in [-0.2, -0.15) is 0 Å². The predicted octanol–water partition coefficient (Wildman–Crippen LogP) is 4.59. The first-order chi connectivity index (χ1) is 12.1. The van der Waals surface area contributed by atoms with Crippen LogP contribution in [0.3, 0.4) is 0 Å². The molecule has 3 rings (SSSR count). The molecule has 0 radical (unpaired) electrons. The van der Waals surface area contributed by atoms with Crippen molar-refractivity contribution in [3.8, 4) is 0 Å². The average molecular weight is 401 g/mol. The molecule has 0 aliphatic heterocycles. The molecule has 0 atom stereocenters. The van der Waals surface area contributed by atoms with E-state index in [9.17, 15) is 9.59 Å². The summed E-state index contributed by atoms with van der Waals surface area (Å²) in [5.41, 5.74) is 1.66. The van der Waals surface area contributed by atoms with E-state index >= 15 is 0 Å². The topological polar surface area (TPSA) is 71.3 Å². The number of halogens is 1. The number of benzene rings is 2. The quantitative estimate of drug-likeness (QED) is 0.657. The van der Waals surface area contributed by atoms with Crippen molar-refractivity contribution in [2.75, 3.05) is 11.9 Å². The minimum absolute atomic E-state index is 0.161. The molecule has 0 bridgehead atoms. The van der Waals surface area contributed by atoms with Gasteiger partial charge in [0.25, 0.3) is 11.8 Å². The lowest BCUT2D eigenvalue weighted by Gasteiger charge is -2.07. The Morgan fingerprint density at radius 2 is 1.88 bits per heavy atom. The molecule has 0 spiro atoms. The van der Waals surface area contributed by atoms with E-state index in [4.69, 9.17) is 4.42 Å². The lowest BCUT2D eigenvalue weighted by atomic mass is 10.2. The fourth-order valence-corrected chi connectivity index (χ4v) is 2.87. The van der Waals surface area contributed by atoms with Crippen molar-refractivity contribution >= 4 is 44.4 Å². The molecule has 0 fully saturated rings. The third-order valence-corrected chi connectivity index (χ3v) is 4.26. The summed E-state index contributed by atoms with van der Waals surface area (Å²) >= 11 is 3.40. The van der Waals surface area contributed by atoms with Crippen LogP contribution in [0.15, 0.2) is 57.4 Å². The lowest BCUT2D eigenvalue weighted by Crippen LogP contribution is -2.24. The zero-order valence-electron chi connectivity index (χ0n) is 13.6. The molecule has 128 valence electrons. The number of anilines is 1. The van der Waals surface area contributed by atoms with Crippen LogP contribution in [0, 0.1) is 0 Å². The fourth-order valence-electron chi connectivity index (χ4n) is 2.41. The Bertz CT molecular complexity index is 933. The summed E-state index contributed by atoms with van der Waals surface area (Å²) < 4.78 is 6.42. The van der Waals surface area contributed by atoms with E-state index in [1.165, 1.54) is 0 Å². The maximum absolute atomic E-state index is 12.4. The van der Waals surface area contributed by atoms with E-state index in [-0.39, 0.29) is 17.6 Å². The van der Waals surface area contributed by atoms with Crippen LogP contribution in [0.4, 0.5) is 5.69 Å². The normalized spacial score (nSPS) is 10.6. The average Bonchev–Trinajstić information content (AvgIpc) is 3.06. The molecule has 0 saturated carbocycles. The molecule has 0 aliphatic rings. The van der Waals surface area contributed by atoms with E-state index in [0.29, 0.717) is 23.4 Å². The number of carbonyl (C=O) groups excluding carboxylic acids is 2. The van der Waals surface area contributed by atoms with Gasteiger partial charge in [-0.3, -0.25) is 9.59 Å². The minimum Gasteiger partial charge on any atom is -0.450 e. The summed E-state index contributed by atoms with van der Waals surface area (Å²) in [4.78, 5) is 24.4. The van der Waals surface area contributed by atoms with Crippen LogP contribution < -0.4 is 10.6 Å². The van der Waals surface area contributed by atoms with Crippen molar-refractivity contribution in [1.82, 2.24) is 5.32 Å². The smallest absolute Gasteiger partial charge is 0.291 e. The summed E-state index contributed by atoms with van der Waals surface area (Å²) in [5, 5.41) is 6.41. The van der Waals surface area contributed by atoms with Crippen LogP contribution in [-0.4, -0.2) is 18.4 Å². The van der Waals surface area contributed by atoms with Gasteiger partial charge >= 0.3 is 0 Å². The molecule has 5 nitrogen and oxygen atoms in total. The number of rotatable bonds is 5. The van der Waals surface area contributed by atoms with Crippen molar-refractivity contribution in [2.24, 2.45) is 0 Å². The Hall–Kier alpha value is -2.60. The molecule has 2 N–H and O–H groups in total. The van der Waals surface area contributed by atoms with E-state index in [1.807, 2.05) is 25.1 Å². The number of fused-ring (bicyclic) bond motifs is 1. The van der Waals surface area contributed by atoms with Gasteiger partial charge in [0.05, 0.1) is 4.47 Å². The van der Waals surface area contributed by atoms with E-state index in [2.05, 4.69) is 26.6 Å². The van der Waals surface area contributed by atoms with Gasteiger partial charge < -0.3 is 15.1 Å². The Kier molecular flexibility index (Phi) is 5.19. The Balaban J connectivity index is 1.78. The molecular formula is C19H17BrN2O3. The second kappa shape index (κ2) is 7.53. The molecule has 1 heterocycles. The van der Waals surface area contributed by atoms with Gasteiger partial charge in [0.2, 0.25) is 0 Å². The van der Waals surface area contributed by atoms with Gasteiger partial charge in [-0.1, -0.05) is 25.1 Å². The van der Waals surface area contributed by atoms with Gasteiger partial charge in [-0.05, 0) is 52.7 Å². The fraction of sp³-hybridized carbons (Fsp3) is 0.158. The first-order valence-electron chi connectivity index (χ1n) is 7.96. The van der Waals surface area contributed by atoms with Crippen LogP contribution in [0.5, 0.6) is 0 Å². The highest BCUT2D eigenvalue weighted by Crippen LogP contribution is 2.27. The SMILES string of the molecule is CCCNC(=O)c1cccc(NC(=O)c2cc3cccc(Br)c3o2)c1. The molecule has 25 heavy (non-hydrogen) atoms. The summed E-state index contributed by atoms with van der Waals surface area (Å²) in [5.74, 6) is -0.317. The standard InChI is InChI=1S/C19H17BrN2O3/c1-2-9-21-18(23)13-6-3-7-14(10-13)22-19(24)16-11-12-5-4-8-15(20)17(12)25-16/h3-8,10-11H,2,9H2,1H3,(H,21,23)(H,22,24). The van der Waals surface area contributed by atoms with Crippen LogP contribution in [0.2, 0.25) is 0 Å². The summed E-state index contributed by atoms with van der Waals surface area (Å²) in [6.07, 6.45) is 0.865. The molecular weight excluding hydrogens is 384 g/mol. The Morgan fingerprint density at radius 3 is 2.64 bits per heavy atom. The van der Waals surface area contributed by atoms with E-state index < -0.39 is 0 Å². The van der Waals surface area contributed by atoms with Crippen LogP contribution in [-0.2, 0) is 0 Å². The molecule has 0 saturated heterocycles. The predicted molar refractivity (Wildman–Crippen MR) is 101 cm³/mol. The largest absolute Gasteiger partial charge is 0.450 e. The second-order valence-electron chi connectivity index (χ2n) is 5.56. The highest BCUT2D eigenvalue weighted by molar-refractivity contribution is 9.10. The monoisotopic (exact) mass is 400 g/mol. The molecule has 0 aliphatic carbocycles. The number of hydrogen-bond acceptors (Lipinski definition) is 3. The molecule has 6 heteroatoms. The van der Waals surface area contributed by atoms with E-state index in [0.717, 1.165) is 16.3 Å². The van der Waals surface area contributed by atoms with E-state index in [1.54, 1.807) is 30.3 Å². The number of nitrogens with one attached hydrogen (secondary N) is 2. The molecule has 2 aromatic carbocycles. The van der Waals surface area contributed by atoms with Crippen molar-refractivity contribution < 1.29 is 14.0 Å². The number of furan rings is 1. The van der Waals surface area contributed by atoms with Gasteiger partial charge in [0, 0.05) is 23.2 Å². The molecule has 2 amide bonds. The zero-order chi connectivity index (χ0) is 17.8. The molecule has 3 aromatic rings. The number of amides is 2. The van der Waals surface area contributed by atoms with Crippen LogP contribution >= 0.6 is 15.9 Å². The van der Waals surface area contributed by atoms with Crippen molar-refractivity contribution in [3.05, 3.63) is 64.3 Å². The Labute approximate surface area is 153 Å². The molecule has 0 unspecified atom stereocenters. The summed E-state index contributed by atoms with van der Waals surface area (Å²) in [6.45, 7) is 2.60. The van der Waals surface area contributed by atoms with Crippen LogP contribution in [0.25, 0.3) is 11.0 Å². The summed E-state index contributed by atoms with van der Waals surface area (Å²) in [7, 11) is 0. The Morgan fingerprint density at radius 1 is 1.08 bits per heavy atom. The van der Waals surface area contributed by atoms with Gasteiger partial charge in [-0.25, -0.2) is 0 Å². The van der Waals surface area contributed by atoms with Gasteiger partial charge in [0.15, 0.2) is 5.76 Å². The number of carbonyl (C=O) groups is 2. The zero-order valence-corrected chi connectivity index (χ0v) is 15.2. The molecule has 1 aromatic heterocycles. The lowest BCUT2D eigenvalue weighted by molar-refractivity contribution is 0.0951. The van der Waals surface area contributed by atoms with Crippen LogP contribution in [0.1, 0.15) is 34.3 Å². The van der Waals surface area contributed by atoms with Crippen molar-refractivity contribution in [3.63, 3.8) is 0 Å². The summed E-state index contributed by atoms with van der Waals surface area (Å²) in [6, 6.07) is 14.1. The van der Waals surface area contributed by atoms with Gasteiger partial charge in [-0.15, -0.1) is 0 Å². The number of hydrogen-bond donors (Lipinski definition) is 2. The minimum atomic E-state index is -0.366.